The Morgan fingerprint density at radius 2 is 1.67 bits per heavy atom. The lowest BCUT2D eigenvalue weighted by molar-refractivity contribution is -0.124. The van der Waals surface area contributed by atoms with Gasteiger partial charge in [-0.2, -0.15) is 0 Å². The maximum absolute atomic E-state index is 12.5. The van der Waals surface area contributed by atoms with Gasteiger partial charge in [-0.3, -0.25) is 9.52 Å². The van der Waals surface area contributed by atoms with Crippen LogP contribution < -0.4 is 9.46 Å². The third-order valence-electron chi connectivity index (χ3n) is 4.37. The van der Waals surface area contributed by atoms with Crippen molar-refractivity contribution >= 4 is 27.7 Å². The number of benzene rings is 2. The van der Waals surface area contributed by atoms with Crippen LogP contribution in [0.1, 0.15) is 18.4 Å². The Morgan fingerprint density at radius 3 is 2.26 bits per heavy atom. The average Bonchev–Trinajstić information content (AvgIpc) is 3.22. The molecular weight excluding hydrogens is 364 g/mol. The van der Waals surface area contributed by atoms with Crippen molar-refractivity contribution in [2.75, 3.05) is 24.9 Å². The molecule has 3 rings (SSSR count). The highest BCUT2D eigenvalue weighted by molar-refractivity contribution is 7.92. The Morgan fingerprint density at radius 1 is 1.04 bits per heavy atom. The van der Waals surface area contributed by atoms with Gasteiger partial charge in [0, 0.05) is 24.9 Å². The van der Waals surface area contributed by atoms with E-state index in [1.54, 1.807) is 49.6 Å². The van der Waals surface area contributed by atoms with Crippen molar-refractivity contribution in [2.45, 2.75) is 17.7 Å². The molecule has 1 aliphatic rings. The summed E-state index contributed by atoms with van der Waals surface area (Å²) in [4.78, 5) is 14.0. The summed E-state index contributed by atoms with van der Waals surface area (Å²) in [5, 5.41) is 0. The van der Waals surface area contributed by atoms with Gasteiger partial charge < -0.3 is 9.64 Å². The van der Waals surface area contributed by atoms with E-state index in [0.717, 1.165) is 31.5 Å². The quantitative estimate of drug-likeness (QED) is 0.774. The molecule has 0 atom stereocenters. The number of sulfonamides is 1. The van der Waals surface area contributed by atoms with Crippen molar-refractivity contribution in [1.29, 1.82) is 0 Å². The first-order chi connectivity index (χ1) is 13.0. The number of nitrogens with one attached hydrogen (secondary N) is 1. The maximum atomic E-state index is 12.5. The molecule has 1 heterocycles. The van der Waals surface area contributed by atoms with Crippen LogP contribution in [0.5, 0.6) is 5.75 Å². The third-order valence-corrected chi connectivity index (χ3v) is 5.77. The van der Waals surface area contributed by atoms with Gasteiger partial charge in [0.2, 0.25) is 5.91 Å². The molecule has 1 amide bonds. The minimum absolute atomic E-state index is 0.00892. The van der Waals surface area contributed by atoms with Gasteiger partial charge >= 0.3 is 0 Å². The summed E-state index contributed by atoms with van der Waals surface area (Å²) in [6, 6.07) is 13.0. The van der Waals surface area contributed by atoms with Crippen LogP contribution in [-0.2, 0) is 14.8 Å². The Kier molecular flexibility index (Phi) is 5.81. The van der Waals surface area contributed by atoms with E-state index < -0.39 is 10.0 Å². The normalized spacial score (nSPS) is 14.5. The number of rotatable bonds is 6. The molecule has 7 heteroatoms. The lowest BCUT2D eigenvalue weighted by Gasteiger charge is -2.11. The second kappa shape index (κ2) is 8.26. The molecule has 142 valence electrons. The van der Waals surface area contributed by atoms with Gasteiger partial charge in [0.1, 0.15) is 5.75 Å². The molecule has 1 fully saturated rings. The number of carbonyl (C=O) groups is 1. The number of anilines is 1. The Labute approximate surface area is 159 Å². The van der Waals surface area contributed by atoms with E-state index in [2.05, 4.69) is 4.72 Å². The fourth-order valence-electron chi connectivity index (χ4n) is 2.84. The van der Waals surface area contributed by atoms with Gasteiger partial charge in [-0.15, -0.1) is 0 Å². The molecule has 0 unspecified atom stereocenters. The van der Waals surface area contributed by atoms with Gasteiger partial charge in [0.05, 0.1) is 12.0 Å². The number of hydrogen-bond donors (Lipinski definition) is 1. The summed E-state index contributed by atoms with van der Waals surface area (Å²) < 4.78 is 32.6. The average molecular weight is 386 g/mol. The predicted octanol–water partition coefficient (Wildman–Crippen LogP) is 3.13. The largest absolute Gasteiger partial charge is 0.497 e. The highest BCUT2D eigenvalue weighted by Gasteiger charge is 2.16. The van der Waals surface area contributed by atoms with Crippen LogP contribution >= 0.6 is 0 Å². The molecular formula is C20H22N2O4S. The summed E-state index contributed by atoms with van der Waals surface area (Å²) >= 11 is 0. The SMILES string of the molecule is COc1ccc(NS(=O)(=O)c2ccc(/C=C/C(=O)N3CCCC3)cc2)cc1. The zero-order valence-electron chi connectivity index (χ0n) is 15.1. The molecule has 0 saturated carbocycles. The smallest absolute Gasteiger partial charge is 0.261 e. The van der Waals surface area contributed by atoms with Gasteiger partial charge in [-0.25, -0.2) is 8.42 Å². The van der Waals surface area contributed by atoms with E-state index in [1.807, 2.05) is 4.90 Å². The Hall–Kier alpha value is -2.80. The molecule has 1 aliphatic heterocycles. The van der Waals surface area contributed by atoms with Crippen LogP contribution in [0, 0.1) is 0 Å². The van der Waals surface area contributed by atoms with Crippen molar-refractivity contribution < 1.29 is 17.9 Å². The van der Waals surface area contributed by atoms with Crippen molar-refractivity contribution in [3.8, 4) is 5.75 Å². The minimum Gasteiger partial charge on any atom is -0.497 e. The summed E-state index contributed by atoms with van der Waals surface area (Å²) in [5.41, 5.74) is 1.22. The highest BCUT2D eigenvalue weighted by atomic mass is 32.2. The number of hydrogen-bond acceptors (Lipinski definition) is 4. The molecule has 2 aromatic rings. The van der Waals surface area contributed by atoms with E-state index in [1.165, 1.54) is 18.2 Å². The van der Waals surface area contributed by atoms with Gasteiger partial charge in [0.25, 0.3) is 10.0 Å². The van der Waals surface area contributed by atoms with Crippen LogP contribution in [0.4, 0.5) is 5.69 Å². The van der Waals surface area contributed by atoms with Crippen LogP contribution in [-0.4, -0.2) is 39.4 Å². The molecule has 1 saturated heterocycles. The number of likely N-dealkylation sites (tertiary alicyclic amines) is 1. The fraction of sp³-hybridized carbons (Fsp3) is 0.250. The van der Waals surface area contributed by atoms with E-state index >= 15 is 0 Å². The van der Waals surface area contributed by atoms with E-state index in [4.69, 9.17) is 4.74 Å². The van der Waals surface area contributed by atoms with E-state index in [0.29, 0.717) is 11.4 Å². The Balaban J connectivity index is 1.66. The standard InChI is InChI=1S/C20H22N2O4S/c1-26-18-9-7-17(8-10-18)21-27(24,25)19-11-4-16(5-12-19)6-13-20(23)22-14-2-3-15-22/h4-13,21H,2-3,14-15H2,1H3/b13-6+. The lowest BCUT2D eigenvalue weighted by atomic mass is 10.2. The van der Waals surface area contributed by atoms with Gasteiger partial charge in [0.15, 0.2) is 0 Å². The summed E-state index contributed by atoms with van der Waals surface area (Å²) in [5.74, 6) is 0.642. The van der Waals surface area contributed by atoms with E-state index in [-0.39, 0.29) is 10.8 Å². The Bertz CT molecular complexity index is 913. The molecule has 6 nitrogen and oxygen atoms in total. The molecule has 0 radical (unpaired) electrons. The number of carbonyl (C=O) groups excluding carboxylic acids is 1. The van der Waals surface area contributed by atoms with Crippen molar-refractivity contribution in [3.63, 3.8) is 0 Å². The van der Waals surface area contributed by atoms with Crippen molar-refractivity contribution in [2.24, 2.45) is 0 Å². The number of nitrogens with zero attached hydrogens (tertiary/aromatic N) is 1. The lowest BCUT2D eigenvalue weighted by Crippen LogP contribution is -2.25. The number of ether oxygens (including phenoxy) is 1. The first-order valence-corrected chi connectivity index (χ1v) is 10.2. The highest BCUT2D eigenvalue weighted by Crippen LogP contribution is 2.20. The monoisotopic (exact) mass is 386 g/mol. The zero-order chi connectivity index (χ0) is 19.3. The zero-order valence-corrected chi connectivity index (χ0v) is 15.9. The van der Waals surface area contributed by atoms with Crippen molar-refractivity contribution in [1.82, 2.24) is 4.90 Å². The molecule has 0 aliphatic carbocycles. The molecule has 0 bridgehead atoms. The van der Waals surface area contributed by atoms with Crippen LogP contribution in [0.3, 0.4) is 0 Å². The van der Waals surface area contributed by atoms with Crippen LogP contribution in [0.2, 0.25) is 0 Å². The molecule has 27 heavy (non-hydrogen) atoms. The van der Waals surface area contributed by atoms with Gasteiger partial charge in [-0.1, -0.05) is 12.1 Å². The van der Waals surface area contributed by atoms with Crippen LogP contribution in [0.25, 0.3) is 6.08 Å². The summed E-state index contributed by atoms with van der Waals surface area (Å²) in [6.45, 7) is 1.61. The summed E-state index contributed by atoms with van der Waals surface area (Å²) in [6.07, 6.45) is 5.33. The maximum Gasteiger partial charge on any atom is 0.261 e. The first kappa shape index (κ1) is 19.0. The molecule has 2 aromatic carbocycles. The van der Waals surface area contributed by atoms with Gasteiger partial charge in [-0.05, 0) is 60.9 Å². The number of methoxy groups -OCH3 is 1. The number of amides is 1. The third kappa shape index (κ3) is 4.89. The molecule has 0 aromatic heterocycles. The molecule has 1 N–H and O–H groups in total. The second-order valence-electron chi connectivity index (χ2n) is 6.27. The van der Waals surface area contributed by atoms with Crippen LogP contribution in [0.15, 0.2) is 59.5 Å². The first-order valence-electron chi connectivity index (χ1n) is 8.72. The molecule has 0 spiro atoms. The fourth-order valence-corrected chi connectivity index (χ4v) is 3.90. The minimum atomic E-state index is -3.68. The predicted molar refractivity (Wildman–Crippen MR) is 105 cm³/mol. The van der Waals surface area contributed by atoms with Crippen molar-refractivity contribution in [3.05, 3.63) is 60.2 Å². The summed E-state index contributed by atoms with van der Waals surface area (Å²) in [7, 11) is -2.13. The van der Waals surface area contributed by atoms with E-state index in [9.17, 15) is 13.2 Å². The second-order valence-corrected chi connectivity index (χ2v) is 7.95. The topological polar surface area (TPSA) is 75.7 Å².